The molecule has 1 fully saturated rings. The van der Waals surface area contributed by atoms with Crippen molar-refractivity contribution in [1.82, 2.24) is 9.21 Å². The van der Waals surface area contributed by atoms with Crippen molar-refractivity contribution in [3.05, 3.63) is 59.7 Å². The van der Waals surface area contributed by atoms with Crippen molar-refractivity contribution < 1.29 is 13.2 Å². The third-order valence-corrected chi connectivity index (χ3v) is 6.99. The largest absolute Gasteiger partial charge is 0.497 e. The van der Waals surface area contributed by atoms with Crippen LogP contribution < -0.4 is 4.74 Å². The molecule has 2 aromatic carbocycles. The zero-order valence-corrected chi connectivity index (χ0v) is 17.1. The van der Waals surface area contributed by atoms with Gasteiger partial charge in [-0.25, -0.2) is 8.42 Å². The second kappa shape index (κ2) is 8.42. The van der Waals surface area contributed by atoms with Crippen LogP contribution >= 0.6 is 0 Å². The summed E-state index contributed by atoms with van der Waals surface area (Å²) in [6.07, 6.45) is 0. The van der Waals surface area contributed by atoms with Crippen LogP contribution in [0.4, 0.5) is 0 Å². The average Bonchev–Trinajstić information content (AvgIpc) is 2.69. The summed E-state index contributed by atoms with van der Waals surface area (Å²) in [6, 6.07) is 15.3. The van der Waals surface area contributed by atoms with E-state index >= 15 is 0 Å². The highest BCUT2D eigenvalue weighted by Gasteiger charge is 2.28. The van der Waals surface area contributed by atoms with Gasteiger partial charge in [0.05, 0.1) is 12.0 Å². The van der Waals surface area contributed by atoms with Crippen LogP contribution in [-0.4, -0.2) is 50.9 Å². The van der Waals surface area contributed by atoms with Gasteiger partial charge in [0.15, 0.2) is 0 Å². The first-order valence-electron chi connectivity index (χ1n) is 9.35. The Bertz CT molecular complexity index is 838. The molecule has 0 N–H and O–H groups in total. The Labute approximate surface area is 162 Å². The van der Waals surface area contributed by atoms with Gasteiger partial charge in [0, 0.05) is 32.7 Å². The summed E-state index contributed by atoms with van der Waals surface area (Å²) in [7, 11) is -1.76. The summed E-state index contributed by atoms with van der Waals surface area (Å²) in [6.45, 7) is 7.53. The van der Waals surface area contributed by atoms with Crippen molar-refractivity contribution in [3.63, 3.8) is 0 Å². The molecular formula is C21H28N2O3S. The van der Waals surface area contributed by atoms with Crippen LogP contribution in [0.3, 0.4) is 0 Å². The number of hydrogen-bond donors (Lipinski definition) is 0. The molecule has 0 aliphatic carbocycles. The molecule has 0 unspecified atom stereocenters. The van der Waals surface area contributed by atoms with E-state index in [9.17, 15) is 8.42 Å². The van der Waals surface area contributed by atoms with E-state index in [2.05, 4.69) is 30.9 Å². The maximum atomic E-state index is 12.9. The molecule has 0 spiro atoms. The summed E-state index contributed by atoms with van der Waals surface area (Å²) in [5.74, 6) is 1.24. The van der Waals surface area contributed by atoms with E-state index in [1.165, 1.54) is 5.56 Å². The van der Waals surface area contributed by atoms with Crippen LogP contribution in [0.5, 0.6) is 5.75 Å². The number of ether oxygens (including phenoxy) is 1. The second-order valence-electron chi connectivity index (χ2n) is 7.25. The molecule has 1 aliphatic rings. The predicted octanol–water partition coefficient (Wildman–Crippen LogP) is 3.33. The van der Waals surface area contributed by atoms with Gasteiger partial charge in [-0.2, -0.15) is 4.31 Å². The Balaban J connectivity index is 1.60. The number of rotatable bonds is 6. The second-order valence-corrected chi connectivity index (χ2v) is 9.19. The smallest absolute Gasteiger partial charge is 0.243 e. The number of piperazine rings is 1. The van der Waals surface area contributed by atoms with E-state index in [0.29, 0.717) is 23.9 Å². The molecule has 2 aromatic rings. The summed E-state index contributed by atoms with van der Waals surface area (Å²) < 4.78 is 32.6. The molecule has 0 radical (unpaired) electrons. The molecule has 3 rings (SSSR count). The minimum absolute atomic E-state index is 0.385. The molecule has 0 amide bonds. The monoisotopic (exact) mass is 388 g/mol. The molecule has 1 heterocycles. The first kappa shape index (κ1) is 19.9. The zero-order valence-electron chi connectivity index (χ0n) is 16.3. The topological polar surface area (TPSA) is 49.9 Å². The molecule has 27 heavy (non-hydrogen) atoms. The van der Waals surface area contributed by atoms with Crippen LogP contribution in [-0.2, 0) is 16.6 Å². The third kappa shape index (κ3) is 4.69. The van der Waals surface area contributed by atoms with Crippen LogP contribution in [0.25, 0.3) is 0 Å². The van der Waals surface area contributed by atoms with E-state index < -0.39 is 10.0 Å². The molecule has 1 saturated heterocycles. The lowest BCUT2D eigenvalue weighted by atomic mass is 10.0. The average molecular weight is 389 g/mol. The Morgan fingerprint density at radius 2 is 1.52 bits per heavy atom. The molecule has 5 nitrogen and oxygen atoms in total. The molecule has 0 saturated carbocycles. The fourth-order valence-corrected chi connectivity index (χ4v) is 4.71. The third-order valence-electron chi connectivity index (χ3n) is 5.08. The van der Waals surface area contributed by atoms with Crippen molar-refractivity contribution in [2.45, 2.75) is 31.2 Å². The molecular weight excluding hydrogens is 360 g/mol. The molecule has 6 heteroatoms. The normalized spacial score (nSPS) is 16.6. The Morgan fingerprint density at radius 1 is 0.926 bits per heavy atom. The number of methoxy groups -OCH3 is 1. The fraction of sp³-hybridized carbons (Fsp3) is 0.429. The Hall–Kier alpha value is -1.89. The van der Waals surface area contributed by atoms with Gasteiger partial charge >= 0.3 is 0 Å². The number of benzene rings is 2. The number of nitrogens with zero attached hydrogens (tertiary/aromatic N) is 2. The predicted molar refractivity (Wildman–Crippen MR) is 108 cm³/mol. The summed E-state index contributed by atoms with van der Waals surface area (Å²) in [5.41, 5.74) is 2.36. The summed E-state index contributed by atoms with van der Waals surface area (Å²) in [5, 5.41) is 0. The Kier molecular flexibility index (Phi) is 6.19. The minimum atomic E-state index is -3.42. The summed E-state index contributed by atoms with van der Waals surface area (Å²) in [4.78, 5) is 2.67. The van der Waals surface area contributed by atoms with Crippen molar-refractivity contribution in [2.24, 2.45) is 0 Å². The van der Waals surface area contributed by atoms with Crippen molar-refractivity contribution in [3.8, 4) is 5.75 Å². The highest BCUT2D eigenvalue weighted by Crippen LogP contribution is 2.22. The van der Waals surface area contributed by atoms with Gasteiger partial charge in [-0.3, -0.25) is 4.90 Å². The molecule has 1 aliphatic heterocycles. The SMILES string of the molecule is COc1ccc(CN2CCN(S(=O)(=O)c3ccc(C(C)C)cc3)CC2)cc1. The zero-order chi connectivity index (χ0) is 19.4. The Morgan fingerprint density at radius 3 is 2.04 bits per heavy atom. The number of hydrogen-bond acceptors (Lipinski definition) is 4. The van der Waals surface area contributed by atoms with Crippen LogP contribution in [0.15, 0.2) is 53.4 Å². The molecule has 0 aromatic heterocycles. The molecule has 0 atom stereocenters. The van der Waals surface area contributed by atoms with Gasteiger partial charge in [0.2, 0.25) is 10.0 Å². The van der Waals surface area contributed by atoms with Crippen LogP contribution in [0.1, 0.15) is 30.9 Å². The van der Waals surface area contributed by atoms with Crippen molar-refractivity contribution >= 4 is 10.0 Å². The van der Waals surface area contributed by atoms with Gasteiger partial charge in [-0.1, -0.05) is 38.1 Å². The van der Waals surface area contributed by atoms with E-state index in [-0.39, 0.29) is 0 Å². The highest BCUT2D eigenvalue weighted by atomic mass is 32.2. The standard InChI is InChI=1S/C21H28N2O3S/c1-17(2)19-6-10-21(11-7-19)27(24,25)23-14-12-22(13-15-23)16-18-4-8-20(26-3)9-5-18/h4-11,17H,12-16H2,1-3H3. The van der Waals surface area contributed by atoms with Gasteiger partial charge < -0.3 is 4.74 Å². The van der Waals surface area contributed by atoms with Gasteiger partial charge in [0.1, 0.15) is 5.75 Å². The lowest BCUT2D eigenvalue weighted by Crippen LogP contribution is -2.48. The first-order chi connectivity index (χ1) is 12.9. The molecule has 0 bridgehead atoms. The van der Waals surface area contributed by atoms with Gasteiger partial charge in [-0.05, 0) is 41.3 Å². The minimum Gasteiger partial charge on any atom is -0.497 e. The van der Waals surface area contributed by atoms with Crippen LogP contribution in [0, 0.1) is 0 Å². The van der Waals surface area contributed by atoms with Gasteiger partial charge in [0.25, 0.3) is 0 Å². The van der Waals surface area contributed by atoms with E-state index in [0.717, 1.165) is 30.9 Å². The maximum Gasteiger partial charge on any atom is 0.243 e. The first-order valence-corrected chi connectivity index (χ1v) is 10.8. The quantitative estimate of drug-likeness (QED) is 0.762. The maximum absolute atomic E-state index is 12.9. The van der Waals surface area contributed by atoms with E-state index in [4.69, 9.17) is 4.74 Å². The van der Waals surface area contributed by atoms with E-state index in [1.807, 2.05) is 24.3 Å². The van der Waals surface area contributed by atoms with Crippen LogP contribution in [0.2, 0.25) is 0 Å². The van der Waals surface area contributed by atoms with Crippen molar-refractivity contribution in [1.29, 1.82) is 0 Å². The van der Waals surface area contributed by atoms with Gasteiger partial charge in [-0.15, -0.1) is 0 Å². The number of sulfonamides is 1. The van der Waals surface area contributed by atoms with E-state index in [1.54, 1.807) is 23.5 Å². The fourth-order valence-electron chi connectivity index (χ4n) is 3.29. The highest BCUT2D eigenvalue weighted by molar-refractivity contribution is 7.89. The van der Waals surface area contributed by atoms with Crippen molar-refractivity contribution in [2.75, 3.05) is 33.3 Å². The molecule has 146 valence electrons. The summed E-state index contributed by atoms with van der Waals surface area (Å²) >= 11 is 0. The lowest BCUT2D eigenvalue weighted by molar-refractivity contribution is 0.181. The lowest BCUT2D eigenvalue weighted by Gasteiger charge is -2.34.